The third-order valence-electron chi connectivity index (χ3n) is 6.05. The zero-order valence-electron chi connectivity index (χ0n) is 20.3. The van der Waals surface area contributed by atoms with Crippen molar-refractivity contribution in [3.8, 4) is 6.07 Å². The van der Waals surface area contributed by atoms with Crippen LogP contribution in [-0.4, -0.2) is 42.3 Å². The molecular formula is C26H26F4N4O3. The minimum atomic E-state index is -4.48. The van der Waals surface area contributed by atoms with Gasteiger partial charge in [0.2, 0.25) is 17.7 Å². The molecule has 1 atom stereocenters. The van der Waals surface area contributed by atoms with Gasteiger partial charge >= 0.3 is 6.18 Å². The molecule has 2 aromatic carbocycles. The standard InChI is InChI=1S/C26H26F4N4O3/c1-16(2)24(36)33-10-9-19(14-33)25(37)34(22-8-5-18(12-31)11-21(22)27)15-23(35)32-13-17-3-6-20(7-4-17)26(28,29)30/h3-8,11,16,19H,9-10,13-15H2,1-2H3,(H,32,35)/t19-/m0/s1. The molecule has 1 heterocycles. The number of carbonyl (C=O) groups excluding carboxylic acids is 3. The smallest absolute Gasteiger partial charge is 0.350 e. The van der Waals surface area contributed by atoms with Crippen LogP contribution >= 0.6 is 0 Å². The number of hydrogen-bond acceptors (Lipinski definition) is 4. The molecule has 1 aliphatic rings. The molecule has 196 valence electrons. The van der Waals surface area contributed by atoms with Crippen LogP contribution in [0.15, 0.2) is 42.5 Å². The summed E-state index contributed by atoms with van der Waals surface area (Å²) < 4.78 is 53.1. The van der Waals surface area contributed by atoms with Crippen molar-refractivity contribution >= 4 is 23.4 Å². The van der Waals surface area contributed by atoms with E-state index in [9.17, 15) is 31.9 Å². The number of nitrogens with zero attached hydrogens (tertiary/aromatic N) is 3. The highest BCUT2D eigenvalue weighted by Gasteiger charge is 2.36. The van der Waals surface area contributed by atoms with Crippen LogP contribution < -0.4 is 10.2 Å². The number of anilines is 1. The van der Waals surface area contributed by atoms with Crippen LogP contribution in [0.1, 0.15) is 37.0 Å². The molecule has 7 nitrogen and oxygen atoms in total. The Morgan fingerprint density at radius 2 is 1.84 bits per heavy atom. The maximum absolute atomic E-state index is 14.8. The summed E-state index contributed by atoms with van der Waals surface area (Å²) in [6.45, 7) is 3.33. The van der Waals surface area contributed by atoms with Gasteiger partial charge in [0.25, 0.3) is 0 Å². The number of rotatable bonds is 7. The first-order valence-electron chi connectivity index (χ1n) is 11.6. The van der Waals surface area contributed by atoms with E-state index in [1.54, 1.807) is 24.8 Å². The molecule has 0 radical (unpaired) electrons. The molecule has 0 unspecified atom stereocenters. The lowest BCUT2D eigenvalue weighted by molar-refractivity contribution is -0.137. The average Bonchev–Trinajstić information content (AvgIpc) is 3.35. The summed E-state index contributed by atoms with van der Waals surface area (Å²) in [6.07, 6.45) is -4.14. The van der Waals surface area contributed by atoms with Gasteiger partial charge in [-0.3, -0.25) is 19.3 Å². The van der Waals surface area contributed by atoms with Gasteiger partial charge in [-0.2, -0.15) is 18.4 Å². The number of hydrogen-bond donors (Lipinski definition) is 1. The SMILES string of the molecule is CC(C)C(=O)N1CC[C@H](C(=O)N(CC(=O)NCc2ccc(C(F)(F)F)cc2)c2ccc(C#N)cc2F)C1. The van der Waals surface area contributed by atoms with Crippen LogP contribution in [0.4, 0.5) is 23.2 Å². The molecule has 0 spiro atoms. The molecule has 0 aromatic heterocycles. The Morgan fingerprint density at radius 1 is 1.16 bits per heavy atom. The lowest BCUT2D eigenvalue weighted by Crippen LogP contribution is -2.44. The molecule has 0 aliphatic carbocycles. The van der Waals surface area contributed by atoms with Gasteiger partial charge in [-0.25, -0.2) is 4.39 Å². The van der Waals surface area contributed by atoms with Crippen molar-refractivity contribution in [1.29, 1.82) is 5.26 Å². The van der Waals surface area contributed by atoms with Gasteiger partial charge in [0.1, 0.15) is 12.4 Å². The molecule has 3 amide bonds. The van der Waals surface area contributed by atoms with Crippen LogP contribution in [0.25, 0.3) is 0 Å². The van der Waals surface area contributed by atoms with Crippen molar-refractivity contribution in [2.75, 3.05) is 24.5 Å². The Labute approximate surface area is 211 Å². The van der Waals surface area contributed by atoms with E-state index in [1.807, 2.05) is 0 Å². The Balaban J connectivity index is 1.75. The largest absolute Gasteiger partial charge is 0.416 e. The fourth-order valence-corrected chi connectivity index (χ4v) is 4.04. The number of likely N-dealkylation sites (tertiary alicyclic amines) is 1. The first-order chi connectivity index (χ1) is 17.4. The van der Waals surface area contributed by atoms with E-state index in [1.165, 1.54) is 24.3 Å². The highest BCUT2D eigenvalue weighted by atomic mass is 19.4. The molecule has 0 saturated carbocycles. The second-order valence-corrected chi connectivity index (χ2v) is 9.10. The van der Waals surface area contributed by atoms with Crippen molar-refractivity contribution in [3.05, 3.63) is 65.0 Å². The number of halogens is 4. The Morgan fingerprint density at radius 3 is 2.41 bits per heavy atom. The molecule has 37 heavy (non-hydrogen) atoms. The first-order valence-corrected chi connectivity index (χ1v) is 11.6. The topological polar surface area (TPSA) is 93.5 Å². The van der Waals surface area contributed by atoms with Gasteiger partial charge in [0, 0.05) is 25.6 Å². The number of alkyl halides is 3. The van der Waals surface area contributed by atoms with Gasteiger partial charge in [0.15, 0.2) is 0 Å². The predicted octanol–water partition coefficient (Wildman–Crippen LogP) is 3.87. The van der Waals surface area contributed by atoms with E-state index in [-0.39, 0.29) is 36.2 Å². The number of nitriles is 1. The normalized spacial score (nSPS) is 15.4. The Kier molecular flexibility index (Phi) is 8.53. The maximum atomic E-state index is 14.8. The molecule has 1 N–H and O–H groups in total. The molecule has 1 fully saturated rings. The van der Waals surface area contributed by atoms with E-state index in [0.29, 0.717) is 18.5 Å². The second-order valence-electron chi connectivity index (χ2n) is 9.10. The summed E-state index contributed by atoms with van der Waals surface area (Å²) in [6, 6.07) is 9.57. The number of amides is 3. The van der Waals surface area contributed by atoms with Gasteiger partial charge in [-0.1, -0.05) is 26.0 Å². The molecule has 1 aliphatic heterocycles. The van der Waals surface area contributed by atoms with Crippen LogP contribution in [0, 0.1) is 29.0 Å². The van der Waals surface area contributed by atoms with Gasteiger partial charge in [-0.05, 0) is 42.3 Å². The fraction of sp³-hybridized carbons (Fsp3) is 0.385. The third kappa shape index (κ3) is 6.84. The van der Waals surface area contributed by atoms with Crippen LogP contribution in [-0.2, 0) is 27.1 Å². The molecule has 2 aromatic rings. The third-order valence-corrected chi connectivity index (χ3v) is 6.05. The molecule has 0 bridgehead atoms. The lowest BCUT2D eigenvalue weighted by atomic mass is 10.1. The summed E-state index contributed by atoms with van der Waals surface area (Å²) in [5.41, 5.74) is -0.572. The van der Waals surface area contributed by atoms with Crippen LogP contribution in [0.2, 0.25) is 0 Å². The number of nitrogens with one attached hydrogen (secondary N) is 1. The van der Waals surface area contributed by atoms with E-state index in [0.717, 1.165) is 23.1 Å². The first kappa shape index (κ1) is 27.6. The van der Waals surface area contributed by atoms with Crippen molar-refractivity contribution in [3.63, 3.8) is 0 Å². The predicted molar refractivity (Wildman–Crippen MR) is 126 cm³/mol. The van der Waals surface area contributed by atoms with E-state index in [4.69, 9.17) is 5.26 Å². The zero-order valence-corrected chi connectivity index (χ0v) is 20.3. The minimum absolute atomic E-state index is 0.0370. The quantitative estimate of drug-likeness (QED) is 0.564. The van der Waals surface area contributed by atoms with Gasteiger partial charge < -0.3 is 10.2 Å². The van der Waals surface area contributed by atoms with Crippen molar-refractivity contribution in [2.45, 2.75) is 33.0 Å². The van der Waals surface area contributed by atoms with Crippen molar-refractivity contribution < 1.29 is 31.9 Å². The van der Waals surface area contributed by atoms with Crippen LogP contribution in [0.5, 0.6) is 0 Å². The fourth-order valence-electron chi connectivity index (χ4n) is 4.04. The minimum Gasteiger partial charge on any atom is -0.350 e. The molecular weight excluding hydrogens is 492 g/mol. The Hall–Kier alpha value is -3.94. The highest BCUT2D eigenvalue weighted by Crippen LogP contribution is 2.29. The van der Waals surface area contributed by atoms with E-state index < -0.39 is 41.8 Å². The van der Waals surface area contributed by atoms with Crippen molar-refractivity contribution in [2.24, 2.45) is 11.8 Å². The summed E-state index contributed by atoms with van der Waals surface area (Å²) >= 11 is 0. The summed E-state index contributed by atoms with van der Waals surface area (Å²) in [5.74, 6) is -3.09. The van der Waals surface area contributed by atoms with Crippen molar-refractivity contribution in [1.82, 2.24) is 10.2 Å². The lowest BCUT2D eigenvalue weighted by Gasteiger charge is -2.26. The monoisotopic (exact) mass is 518 g/mol. The molecule has 11 heteroatoms. The second kappa shape index (κ2) is 11.4. The number of carbonyl (C=O) groups is 3. The summed E-state index contributed by atoms with van der Waals surface area (Å²) in [4.78, 5) is 41.0. The summed E-state index contributed by atoms with van der Waals surface area (Å²) in [7, 11) is 0. The Bertz CT molecular complexity index is 1210. The molecule has 1 saturated heterocycles. The van der Waals surface area contributed by atoms with E-state index >= 15 is 0 Å². The van der Waals surface area contributed by atoms with Gasteiger partial charge in [0.05, 0.1) is 28.8 Å². The average molecular weight is 519 g/mol. The van der Waals surface area contributed by atoms with Gasteiger partial charge in [-0.15, -0.1) is 0 Å². The molecule has 3 rings (SSSR count). The maximum Gasteiger partial charge on any atom is 0.416 e. The van der Waals surface area contributed by atoms with Crippen LogP contribution in [0.3, 0.4) is 0 Å². The number of benzene rings is 2. The highest BCUT2D eigenvalue weighted by molar-refractivity contribution is 6.00. The van der Waals surface area contributed by atoms with E-state index in [2.05, 4.69) is 5.32 Å². The summed E-state index contributed by atoms with van der Waals surface area (Å²) in [5, 5.41) is 11.6. The zero-order chi connectivity index (χ0) is 27.3.